The van der Waals surface area contributed by atoms with Crippen LogP contribution in [0.5, 0.6) is 0 Å². The number of fused-ring (bicyclic) bond motifs is 3. The molecule has 1 aromatic carbocycles. The van der Waals surface area contributed by atoms with Gasteiger partial charge >= 0.3 is 0 Å². The van der Waals surface area contributed by atoms with Gasteiger partial charge in [0, 0.05) is 36.8 Å². The fraction of sp³-hybridized carbons (Fsp3) is 0.615. The van der Waals surface area contributed by atoms with Crippen molar-refractivity contribution < 1.29 is 17.9 Å². The number of hydrogen-bond acceptors (Lipinski definition) is 7. The third-order valence-electron chi connectivity index (χ3n) is 8.30. The summed E-state index contributed by atoms with van der Waals surface area (Å²) >= 11 is 0. The van der Waals surface area contributed by atoms with Crippen LogP contribution in [0.3, 0.4) is 0 Å². The Hall–Kier alpha value is -2.27. The van der Waals surface area contributed by atoms with E-state index in [1.807, 2.05) is 16.8 Å². The number of benzene rings is 1. The zero-order valence-electron chi connectivity index (χ0n) is 20.9. The maximum Gasteiger partial charge on any atom is 0.274 e. The number of sulfone groups is 1. The predicted octanol–water partition coefficient (Wildman–Crippen LogP) is 2.04. The Morgan fingerprint density at radius 2 is 1.75 bits per heavy atom. The normalized spacial score (nSPS) is 25.4. The van der Waals surface area contributed by atoms with Crippen molar-refractivity contribution in [2.24, 2.45) is 0 Å². The second-order valence-corrected chi connectivity index (χ2v) is 12.6. The first-order chi connectivity index (χ1) is 17.4. The third-order valence-corrected chi connectivity index (χ3v) is 9.99. The average Bonchev–Trinajstić information content (AvgIpc) is 3.28. The Balaban J connectivity index is 1.40. The number of carbonyl (C=O) groups excluding carboxylic acids is 1. The van der Waals surface area contributed by atoms with Crippen LogP contribution in [0.15, 0.2) is 29.2 Å². The van der Waals surface area contributed by atoms with Gasteiger partial charge in [0.05, 0.1) is 35.6 Å². The number of carbonyl (C=O) groups is 1. The van der Waals surface area contributed by atoms with Gasteiger partial charge in [-0.2, -0.15) is 5.10 Å². The number of amides is 1. The van der Waals surface area contributed by atoms with Gasteiger partial charge in [-0.25, -0.2) is 8.42 Å². The molecule has 0 bridgehead atoms. The maximum atomic E-state index is 13.6. The Bertz CT molecular complexity index is 1250. The summed E-state index contributed by atoms with van der Waals surface area (Å²) < 4.78 is 34.0. The van der Waals surface area contributed by atoms with Gasteiger partial charge in [0.25, 0.3) is 5.91 Å². The molecule has 0 radical (unpaired) electrons. The van der Waals surface area contributed by atoms with Gasteiger partial charge in [0.1, 0.15) is 0 Å². The Kier molecular flexibility index (Phi) is 6.39. The summed E-state index contributed by atoms with van der Waals surface area (Å²) in [6.45, 7) is 6.17. The van der Waals surface area contributed by atoms with Crippen molar-refractivity contribution >= 4 is 15.7 Å². The number of hydrogen-bond donors (Lipinski definition) is 0. The first kappa shape index (κ1) is 24.1. The van der Waals surface area contributed by atoms with Crippen molar-refractivity contribution in [1.29, 1.82) is 0 Å². The van der Waals surface area contributed by atoms with Crippen molar-refractivity contribution in [1.82, 2.24) is 24.5 Å². The molecular formula is C26H35N5O4S. The van der Waals surface area contributed by atoms with Crippen LogP contribution in [0.4, 0.5) is 0 Å². The minimum Gasteiger partial charge on any atom is -0.378 e. The Labute approximate surface area is 212 Å². The molecule has 2 aromatic rings. The smallest absolute Gasteiger partial charge is 0.274 e. The highest BCUT2D eigenvalue weighted by Crippen LogP contribution is 2.42. The molecule has 5 heterocycles. The lowest BCUT2D eigenvalue weighted by Gasteiger charge is -2.42. The second kappa shape index (κ2) is 9.55. The van der Waals surface area contributed by atoms with Crippen LogP contribution in [0, 0.1) is 0 Å². The van der Waals surface area contributed by atoms with Crippen molar-refractivity contribution in [3.63, 3.8) is 0 Å². The monoisotopic (exact) mass is 513 g/mol. The summed E-state index contributed by atoms with van der Waals surface area (Å²) in [5.74, 6) is -0.373. The zero-order chi connectivity index (χ0) is 24.9. The third kappa shape index (κ3) is 4.27. The van der Waals surface area contributed by atoms with E-state index in [0.717, 1.165) is 44.7 Å². The average molecular weight is 514 g/mol. The minimum atomic E-state index is -3.56. The van der Waals surface area contributed by atoms with Gasteiger partial charge in [-0.05, 0) is 58.4 Å². The molecule has 36 heavy (non-hydrogen) atoms. The fourth-order valence-corrected chi connectivity index (χ4v) is 7.91. The van der Waals surface area contributed by atoms with Crippen molar-refractivity contribution in [3.8, 4) is 11.3 Å². The molecule has 0 spiro atoms. The van der Waals surface area contributed by atoms with Crippen LogP contribution in [0.1, 0.15) is 47.8 Å². The van der Waals surface area contributed by atoms with Gasteiger partial charge in [-0.15, -0.1) is 0 Å². The summed E-state index contributed by atoms with van der Waals surface area (Å²) in [4.78, 5) is 20.7. The van der Waals surface area contributed by atoms with E-state index in [0.29, 0.717) is 54.1 Å². The molecule has 1 atom stereocenters. The summed E-state index contributed by atoms with van der Waals surface area (Å²) in [5, 5.41) is 4.93. The number of rotatable bonds is 3. The Morgan fingerprint density at radius 3 is 2.53 bits per heavy atom. The van der Waals surface area contributed by atoms with E-state index in [-0.39, 0.29) is 17.7 Å². The number of piperidine rings is 2. The number of ether oxygens (including phenoxy) is 1. The molecule has 9 nitrogen and oxygen atoms in total. The van der Waals surface area contributed by atoms with Crippen LogP contribution in [0.25, 0.3) is 11.3 Å². The SMILES string of the molecule is CN1CCC(N2CCCC(n3nc(C(=O)N4CCOCC4)c4c3-c3ccccc3S(=O)(=O)C4)C2)CC1. The highest BCUT2D eigenvalue weighted by Gasteiger charge is 2.39. The fourth-order valence-electron chi connectivity index (χ4n) is 6.32. The van der Waals surface area contributed by atoms with E-state index in [4.69, 9.17) is 9.84 Å². The standard InChI is InChI=1S/C26H35N5O4S/c1-28-11-8-19(9-12-28)30-10-4-5-20(17-30)31-25-21-6-2-3-7-23(21)36(33,34)18-22(25)24(27-31)26(32)29-13-15-35-16-14-29/h2-3,6-7,19-20H,4-5,8-18H2,1H3. The van der Waals surface area contributed by atoms with E-state index in [2.05, 4.69) is 16.8 Å². The highest BCUT2D eigenvalue weighted by atomic mass is 32.2. The quantitative estimate of drug-likeness (QED) is 0.621. The lowest BCUT2D eigenvalue weighted by atomic mass is 9.97. The molecule has 6 rings (SSSR count). The summed E-state index contributed by atoms with van der Waals surface area (Å²) in [5.41, 5.74) is 2.33. The van der Waals surface area contributed by atoms with Crippen LogP contribution in [0.2, 0.25) is 0 Å². The number of morpholine rings is 1. The van der Waals surface area contributed by atoms with E-state index in [1.165, 1.54) is 12.8 Å². The van der Waals surface area contributed by atoms with Crippen molar-refractivity contribution in [2.75, 3.05) is 59.5 Å². The molecule has 10 heteroatoms. The molecule has 3 saturated heterocycles. The molecule has 4 aliphatic rings. The molecule has 4 aliphatic heterocycles. The van der Waals surface area contributed by atoms with Gasteiger partial charge < -0.3 is 14.5 Å². The molecule has 3 fully saturated rings. The van der Waals surface area contributed by atoms with Gasteiger partial charge in [-0.3, -0.25) is 14.4 Å². The zero-order valence-corrected chi connectivity index (χ0v) is 21.8. The summed E-state index contributed by atoms with van der Waals surface area (Å²) in [6.07, 6.45) is 4.38. The highest BCUT2D eigenvalue weighted by molar-refractivity contribution is 7.90. The molecule has 0 N–H and O–H groups in total. The first-order valence-electron chi connectivity index (χ1n) is 13.2. The first-order valence-corrected chi connectivity index (χ1v) is 14.8. The van der Waals surface area contributed by atoms with E-state index in [9.17, 15) is 13.2 Å². The van der Waals surface area contributed by atoms with E-state index < -0.39 is 9.84 Å². The molecule has 0 aliphatic carbocycles. The number of nitrogens with zero attached hydrogens (tertiary/aromatic N) is 5. The molecule has 1 aromatic heterocycles. The molecular weight excluding hydrogens is 478 g/mol. The largest absolute Gasteiger partial charge is 0.378 e. The number of aromatic nitrogens is 2. The molecule has 194 valence electrons. The van der Waals surface area contributed by atoms with Crippen LogP contribution in [-0.4, -0.2) is 104 Å². The molecule has 0 saturated carbocycles. The van der Waals surface area contributed by atoms with Crippen molar-refractivity contribution in [2.45, 2.75) is 48.4 Å². The predicted molar refractivity (Wildman–Crippen MR) is 136 cm³/mol. The van der Waals surface area contributed by atoms with Crippen LogP contribution >= 0.6 is 0 Å². The van der Waals surface area contributed by atoms with Crippen LogP contribution < -0.4 is 0 Å². The minimum absolute atomic E-state index is 0.104. The topological polar surface area (TPSA) is 88.0 Å². The molecule has 1 unspecified atom stereocenters. The van der Waals surface area contributed by atoms with Crippen LogP contribution in [-0.2, 0) is 20.3 Å². The van der Waals surface area contributed by atoms with E-state index in [1.54, 1.807) is 17.0 Å². The van der Waals surface area contributed by atoms with Crippen molar-refractivity contribution in [3.05, 3.63) is 35.5 Å². The Morgan fingerprint density at radius 1 is 1.00 bits per heavy atom. The summed E-state index contributed by atoms with van der Waals surface area (Å²) in [7, 11) is -1.37. The number of likely N-dealkylation sites (tertiary alicyclic amines) is 2. The lowest BCUT2D eigenvalue weighted by molar-refractivity contribution is 0.0297. The lowest BCUT2D eigenvalue weighted by Crippen LogP contribution is -2.48. The second-order valence-electron chi connectivity index (χ2n) is 10.6. The van der Waals surface area contributed by atoms with Gasteiger partial charge in [0.2, 0.25) is 0 Å². The van der Waals surface area contributed by atoms with E-state index >= 15 is 0 Å². The maximum absolute atomic E-state index is 13.6. The summed E-state index contributed by atoms with van der Waals surface area (Å²) in [6, 6.07) is 7.86. The molecule has 1 amide bonds. The van der Waals surface area contributed by atoms with Gasteiger partial charge in [0.15, 0.2) is 15.5 Å². The van der Waals surface area contributed by atoms with Gasteiger partial charge in [-0.1, -0.05) is 18.2 Å².